The van der Waals surface area contributed by atoms with Gasteiger partial charge in [0.2, 0.25) is 0 Å². The predicted molar refractivity (Wildman–Crippen MR) is 99.9 cm³/mol. The average molecular weight is 347 g/mol. The summed E-state index contributed by atoms with van der Waals surface area (Å²) in [6.07, 6.45) is 3.13. The van der Waals surface area contributed by atoms with E-state index in [1.807, 2.05) is 18.0 Å². The van der Waals surface area contributed by atoms with E-state index >= 15 is 0 Å². The average Bonchev–Trinajstić information content (AvgIpc) is 3.17. The van der Waals surface area contributed by atoms with Crippen molar-refractivity contribution in [3.05, 3.63) is 71.4 Å². The Morgan fingerprint density at radius 3 is 2.77 bits per heavy atom. The number of aromatic nitrogens is 2. The molecule has 0 bridgehead atoms. The van der Waals surface area contributed by atoms with Crippen molar-refractivity contribution >= 4 is 5.91 Å². The fourth-order valence-corrected chi connectivity index (χ4v) is 3.67. The summed E-state index contributed by atoms with van der Waals surface area (Å²) in [7, 11) is 1.86. The molecule has 1 atom stereocenters. The third kappa shape index (κ3) is 2.96. The van der Waals surface area contributed by atoms with Gasteiger partial charge in [-0.05, 0) is 60.7 Å². The molecule has 3 aromatic rings. The van der Waals surface area contributed by atoms with Gasteiger partial charge in [-0.25, -0.2) is 0 Å². The van der Waals surface area contributed by atoms with Crippen LogP contribution in [0.3, 0.4) is 0 Å². The summed E-state index contributed by atoms with van der Waals surface area (Å²) in [4.78, 5) is 14.8. The fourth-order valence-electron chi connectivity index (χ4n) is 3.67. The third-order valence-electron chi connectivity index (χ3n) is 5.10. The minimum Gasteiger partial charge on any atom is -0.508 e. The van der Waals surface area contributed by atoms with Gasteiger partial charge >= 0.3 is 0 Å². The lowest BCUT2D eigenvalue weighted by Gasteiger charge is -2.33. The second-order valence-corrected chi connectivity index (χ2v) is 6.74. The van der Waals surface area contributed by atoms with E-state index in [9.17, 15) is 9.90 Å². The number of rotatable bonds is 3. The maximum Gasteiger partial charge on any atom is 0.272 e. The van der Waals surface area contributed by atoms with E-state index in [0.29, 0.717) is 11.4 Å². The Bertz CT molecular complexity index is 930. The van der Waals surface area contributed by atoms with Crippen LogP contribution in [0.4, 0.5) is 0 Å². The molecule has 0 spiro atoms. The molecule has 2 N–H and O–H groups in total. The van der Waals surface area contributed by atoms with E-state index in [1.54, 1.807) is 30.3 Å². The number of aromatic hydroxyl groups is 1. The van der Waals surface area contributed by atoms with E-state index in [-0.39, 0.29) is 17.7 Å². The summed E-state index contributed by atoms with van der Waals surface area (Å²) < 4.78 is 0. The van der Waals surface area contributed by atoms with Gasteiger partial charge in [0, 0.05) is 12.6 Å². The minimum absolute atomic E-state index is 0.0655. The number of benzene rings is 2. The summed E-state index contributed by atoms with van der Waals surface area (Å²) in [6.45, 7) is 0. The lowest BCUT2D eigenvalue weighted by molar-refractivity contribution is 0.0709. The molecule has 1 aliphatic carbocycles. The molecule has 5 heteroatoms. The van der Waals surface area contributed by atoms with Gasteiger partial charge in [0.1, 0.15) is 11.4 Å². The Morgan fingerprint density at radius 2 is 1.96 bits per heavy atom. The van der Waals surface area contributed by atoms with Gasteiger partial charge in [-0.2, -0.15) is 5.10 Å². The largest absolute Gasteiger partial charge is 0.508 e. The smallest absolute Gasteiger partial charge is 0.272 e. The summed E-state index contributed by atoms with van der Waals surface area (Å²) >= 11 is 0. The van der Waals surface area contributed by atoms with Crippen LogP contribution >= 0.6 is 0 Å². The van der Waals surface area contributed by atoms with E-state index in [1.165, 1.54) is 11.1 Å². The molecule has 26 heavy (non-hydrogen) atoms. The van der Waals surface area contributed by atoms with Gasteiger partial charge in [-0.1, -0.05) is 24.3 Å². The van der Waals surface area contributed by atoms with Crippen LogP contribution < -0.4 is 0 Å². The molecular formula is C21H21N3O2. The molecule has 0 fully saturated rings. The molecule has 1 aromatic heterocycles. The Hall–Kier alpha value is -3.08. The summed E-state index contributed by atoms with van der Waals surface area (Å²) in [5.74, 6) is 0.139. The number of nitrogens with zero attached hydrogens (tertiary/aromatic N) is 2. The number of amides is 1. The molecule has 4 rings (SSSR count). The van der Waals surface area contributed by atoms with Gasteiger partial charge in [0.05, 0.1) is 11.7 Å². The van der Waals surface area contributed by atoms with Crippen molar-refractivity contribution in [2.24, 2.45) is 0 Å². The molecule has 0 saturated heterocycles. The zero-order chi connectivity index (χ0) is 18.1. The van der Waals surface area contributed by atoms with E-state index in [0.717, 1.165) is 24.8 Å². The molecule has 1 unspecified atom stereocenters. The molecule has 0 radical (unpaired) electrons. The molecule has 0 saturated carbocycles. The lowest BCUT2D eigenvalue weighted by Crippen LogP contribution is -2.33. The van der Waals surface area contributed by atoms with Crippen LogP contribution in [0, 0.1) is 0 Å². The standard InChI is InChI=1S/C21H21N3O2/c1-24(20-8-4-6-14-5-2-3-7-17(14)20)21(26)19-13-18(22-23-19)15-9-11-16(25)12-10-15/h2-3,5,7,9-13,20,25H,4,6,8H2,1H3,(H,22,23). The predicted octanol–water partition coefficient (Wildman–Crippen LogP) is 3.93. The second kappa shape index (κ2) is 6.67. The SMILES string of the molecule is CN(C(=O)c1cc(-c2ccc(O)cc2)n[nH]1)C1CCCc2ccccc21. The first-order chi connectivity index (χ1) is 12.6. The van der Waals surface area contributed by atoms with Crippen molar-refractivity contribution in [1.82, 2.24) is 15.1 Å². The van der Waals surface area contributed by atoms with Crippen molar-refractivity contribution in [2.45, 2.75) is 25.3 Å². The second-order valence-electron chi connectivity index (χ2n) is 6.74. The van der Waals surface area contributed by atoms with E-state index in [2.05, 4.69) is 28.4 Å². The first-order valence-corrected chi connectivity index (χ1v) is 8.83. The van der Waals surface area contributed by atoms with Crippen molar-refractivity contribution in [3.8, 4) is 17.0 Å². The van der Waals surface area contributed by atoms with Crippen LogP contribution in [-0.4, -0.2) is 33.2 Å². The summed E-state index contributed by atoms with van der Waals surface area (Å²) in [5, 5.41) is 16.5. The van der Waals surface area contributed by atoms with E-state index in [4.69, 9.17) is 0 Å². The van der Waals surface area contributed by atoms with Crippen LogP contribution in [0.15, 0.2) is 54.6 Å². The number of aryl methyl sites for hydroxylation is 1. The zero-order valence-electron chi connectivity index (χ0n) is 14.6. The van der Waals surface area contributed by atoms with Crippen molar-refractivity contribution in [2.75, 3.05) is 7.05 Å². The normalized spacial score (nSPS) is 16.1. The highest BCUT2D eigenvalue weighted by Gasteiger charge is 2.28. The molecular weight excluding hydrogens is 326 g/mol. The summed E-state index contributed by atoms with van der Waals surface area (Å²) in [5.41, 5.74) is 4.58. The summed E-state index contributed by atoms with van der Waals surface area (Å²) in [6, 6.07) is 17.0. The topological polar surface area (TPSA) is 69.2 Å². The Kier molecular flexibility index (Phi) is 4.21. The molecule has 1 aliphatic rings. The van der Waals surface area contributed by atoms with Crippen LogP contribution in [0.25, 0.3) is 11.3 Å². The minimum atomic E-state index is -0.0655. The highest BCUT2D eigenvalue weighted by Crippen LogP contribution is 2.34. The zero-order valence-corrected chi connectivity index (χ0v) is 14.6. The Balaban J connectivity index is 1.58. The van der Waals surface area contributed by atoms with Crippen LogP contribution in [0.5, 0.6) is 5.75 Å². The number of carbonyl (C=O) groups excluding carboxylic acids is 1. The highest BCUT2D eigenvalue weighted by atomic mass is 16.3. The van der Waals surface area contributed by atoms with Crippen molar-refractivity contribution in [3.63, 3.8) is 0 Å². The number of nitrogens with one attached hydrogen (secondary N) is 1. The molecule has 0 aliphatic heterocycles. The maximum absolute atomic E-state index is 13.0. The monoisotopic (exact) mass is 347 g/mol. The molecule has 1 heterocycles. The quantitative estimate of drug-likeness (QED) is 0.754. The first kappa shape index (κ1) is 16.4. The van der Waals surface area contributed by atoms with E-state index < -0.39 is 0 Å². The van der Waals surface area contributed by atoms with Gasteiger partial charge in [0.15, 0.2) is 0 Å². The number of phenolic OH excluding ortho intramolecular Hbond substituents is 1. The number of H-pyrrole nitrogens is 1. The number of carbonyl (C=O) groups is 1. The van der Waals surface area contributed by atoms with Gasteiger partial charge in [-0.15, -0.1) is 0 Å². The Morgan fingerprint density at radius 1 is 1.19 bits per heavy atom. The van der Waals surface area contributed by atoms with Crippen molar-refractivity contribution < 1.29 is 9.90 Å². The highest BCUT2D eigenvalue weighted by molar-refractivity contribution is 5.93. The first-order valence-electron chi connectivity index (χ1n) is 8.83. The van der Waals surface area contributed by atoms with Gasteiger partial charge in [-0.3, -0.25) is 9.89 Å². The van der Waals surface area contributed by atoms with Crippen LogP contribution in [0.1, 0.15) is 40.5 Å². The number of phenols is 1. The molecule has 1 amide bonds. The maximum atomic E-state index is 13.0. The molecule has 5 nitrogen and oxygen atoms in total. The molecule has 132 valence electrons. The lowest BCUT2D eigenvalue weighted by atomic mass is 9.87. The number of hydrogen-bond acceptors (Lipinski definition) is 3. The number of aromatic amines is 1. The van der Waals surface area contributed by atoms with Crippen LogP contribution in [-0.2, 0) is 6.42 Å². The van der Waals surface area contributed by atoms with Crippen molar-refractivity contribution in [1.29, 1.82) is 0 Å². The third-order valence-corrected chi connectivity index (χ3v) is 5.10. The van der Waals surface area contributed by atoms with Gasteiger partial charge in [0.25, 0.3) is 5.91 Å². The fraction of sp³-hybridized carbons (Fsp3) is 0.238. The molecule has 2 aromatic carbocycles. The number of fused-ring (bicyclic) bond motifs is 1. The van der Waals surface area contributed by atoms with Gasteiger partial charge < -0.3 is 10.0 Å². The number of hydrogen-bond donors (Lipinski definition) is 2. The Labute approximate surface area is 152 Å². The van der Waals surface area contributed by atoms with Crippen LogP contribution in [0.2, 0.25) is 0 Å².